The van der Waals surface area contributed by atoms with E-state index in [1.165, 1.54) is 16.6 Å². The van der Waals surface area contributed by atoms with Crippen LogP contribution in [0.2, 0.25) is 5.02 Å². The predicted molar refractivity (Wildman–Crippen MR) is 173 cm³/mol. The molecule has 4 aromatic rings. The number of likely N-dealkylation sites (tertiary alicyclic amines) is 1. The number of hydrogen-bond acceptors (Lipinski definition) is 9. The fourth-order valence-corrected chi connectivity index (χ4v) is 7.11. The van der Waals surface area contributed by atoms with Crippen molar-refractivity contribution in [2.24, 2.45) is 12.8 Å². The molecule has 0 saturated carbocycles. The molecule has 11 nitrogen and oxygen atoms in total. The largest absolute Gasteiger partial charge is 0.445 e. The molecule has 2 aliphatic rings. The van der Waals surface area contributed by atoms with Crippen molar-refractivity contribution < 1.29 is 14.6 Å². The molecule has 13 heteroatoms. The molecule has 232 valence electrons. The Kier molecular flexibility index (Phi) is 8.86. The number of rotatable bonds is 8. The number of benzene rings is 2. The van der Waals surface area contributed by atoms with Gasteiger partial charge in [0.05, 0.1) is 24.2 Å². The third kappa shape index (κ3) is 6.58. The van der Waals surface area contributed by atoms with E-state index >= 15 is 0 Å². The Morgan fingerprint density at radius 3 is 2.50 bits per heavy atom. The van der Waals surface area contributed by atoms with E-state index in [9.17, 15) is 14.7 Å². The zero-order chi connectivity index (χ0) is 30.8. The number of hydrogen-bond donors (Lipinski definition) is 2. The number of halogens is 1. The van der Waals surface area contributed by atoms with Crippen LogP contribution in [0.5, 0.6) is 0 Å². The van der Waals surface area contributed by atoms with Crippen molar-refractivity contribution in [3.8, 4) is 11.3 Å². The van der Waals surface area contributed by atoms with Gasteiger partial charge < -0.3 is 20.5 Å². The number of thioether (sulfide) groups is 1. The third-order valence-electron chi connectivity index (χ3n) is 8.48. The lowest BCUT2D eigenvalue weighted by Gasteiger charge is -2.38. The Morgan fingerprint density at radius 1 is 1.09 bits per heavy atom. The smallest absolute Gasteiger partial charge is 0.404 e. The minimum absolute atomic E-state index is 0.0739. The maximum atomic E-state index is 13.5. The minimum atomic E-state index is -1.03. The molecule has 2 saturated heterocycles. The number of aromatic nitrogens is 4. The number of nitrogens with two attached hydrogens (primary N) is 1. The first kappa shape index (κ1) is 30.4. The number of anilines is 1. The van der Waals surface area contributed by atoms with Crippen LogP contribution in [0.4, 0.5) is 10.5 Å². The van der Waals surface area contributed by atoms with E-state index in [4.69, 9.17) is 22.1 Å². The number of aryl methyl sites for hydroxylation is 1. The summed E-state index contributed by atoms with van der Waals surface area (Å²) in [6, 6.07) is 13.7. The highest BCUT2D eigenvalue weighted by molar-refractivity contribution is 7.99. The van der Waals surface area contributed by atoms with Gasteiger partial charge in [-0.2, -0.15) is 16.9 Å². The van der Waals surface area contributed by atoms with Crippen LogP contribution in [-0.4, -0.2) is 78.7 Å². The predicted octanol–water partition coefficient (Wildman–Crippen LogP) is 3.63. The monoisotopic (exact) mass is 637 g/mol. The van der Waals surface area contributed by atoms with Crippen LogP contribution >= 0.6 is 23.4 Å². The number of amides is 1. The number of nitrogens with zero attached hydrogens (tertiary/aromatic N) is 6. The molecule has 4 heterocycles. The molecule has 44 heavy (non-hydrogen) atoms. The Hall–Kier alpha value is -3.58. The lowest BCUT2D eigenvalue weighted by Crippen LogP contribution is -2.47. The number of aliphatic hydroxyl groups is 1. The quantitative estimate of drug-likeness (QED) is 0.297. The normalized spacial score (nSPS) is 17.2. The molecule has 0 spiro atoms. The van der Waals surface area contributed by atoms with Gasteiger partial charge in [-0.3, -0.25) is 18.9 Å². The topological polar surface area (TPSA) is 132 Å². The SMILES string of the molecule is Cn1nc2c(=O)n(CC3(O)CCN(Cc4ccc(N5CCSCC5)cc4Cl)CC3)cnc2c1-c1ccc(COC(N)=O)cc1. The maximum Gasteiger partial charge on any atom is 0.404 e. The van der Waals surface area contributed by atoms with Gasteiger partial charge in [-0.1, -0.05) is 41.9 Å². The van der Waals surface area contributed by atoms with E-state index in [0.29, 0.717) is 43.7 Å². The first-order chi connectivity index (χ1) is 21.2. The summed E-state index contributed by atoms with van der Waals surface area (Å²) >= 11 is 8.68. The van der Waals surface area contributed by atoms with E-state index in [0.717, 1.165) is 46.3 Å². The van der Waals surface area contributed by atoms with Gasteiger partial charge in [-0.05, 0) is 36.1 Å². The van der Waals surface area contributed by atoms with Gasteiger partial charge >= 0.3 is 6.09 Å². The molecule has 0 unspecified atom stereocenters. The molecule has 3 N–H and O–H groups in total. The molecule has 0 bridgehead atoms. The highest BCUT2D eigenvalue weighted by Crippen LogP contribution is 2.30. The average molecular weight is 638 g/mol. The second kappa shape index (κ2) is 12.8. The second-order valence-corrected chi connectivity index (χ2v) is 13.2. The summed E-state index contributed by atoms with van der Waals surface area (Å²) < 4.78 is 7.95. The molecular formula is C31H36ClN7O4S. The number of carbonyl (C=O) groups excluding carboxylic acids is 1. The zero-order valence-electron chi connectivity index (χ0n) is 24.6. The van der Waals surface area contributed by atoms with Crippen molar-refractivity contribution in [1.82, 2.24) is 24.2 Å². The summed E-state index contributed by atoms with van der Waals surface area (Å²) in [6.45, 7) is 4.41. The molecule has 2 aromatic heterocycles. The summed E-state index contributed by atoms with van der Waals surface area (Å²) in [5.74, 6) is 2.28. The first-order valence-electron chi connectivity index (χ1n) is 14.7. The van der Waals surface area contributed by atoms with Gasteiger partial charge in [0, 0.05) is 67.6 Å². The Morgan fingerprint density at radius 2 is 1.82 bits per heavy atom. The average Bonchev–Trinajstić information content (AvgIpc) is 3.37. The fourth-order valence-electron chi connectivity index (χ4n) is 5.97. The summed E-state index contributed by atoms with van der Waals surface area (Å²) in [4.78, 5) is 33.6. The summed E-state index contributed by atoms with van der Waals surface area (Å²) in [5, 5.41) is 16.7. The van der Waals surface area contributed by atoms with Crippen LogP contribution in [0.25, 0.3) is 22.3 Å². The zero-order valence-corrected chi connectivity index (χ0v) is 26.2. The maximum absolute atomic E-state index is 13.5. The van der Waals surface area contributed by atoms with Crippen LogP contribution in [0.3, 0.4) is 0 Å². The molecule has 0 radical (unpaired) electrons. The number of ether oxygens (including phenoxy) is 1. The van der Waals surface area contributed by atoms with Gasteiger partial charge in [0.25, 0.3) is 5.56 Å². The van der Waals surface area contributed by atoms with E-state index in [1.54, 1.807) is 11.7 Å². The molecule has 6 rings (SSSR count). The molecule has 2 aromatic carbocycles. The standard InChI is InChI=1S/C31H36ClN7O4S/c1-36-28(22-4-2-21(3-5-22)18-43-30(33)41)26-27(35-36)29(40)39(20-34-26)19-31(42)8-10-37(11-9-31)17-23-6-7-24(16-25(23)32)38-12-14-44-15-13-38/h2-7,16,20,42H,8-15,17-19H2,1H3,(H2,33,41). The van der Waals surface area contributed by atoms with Crippen LogP contribution in [-0.2, 0) is 31.5 Å². The second-order valence-electron chi connectivity index (χ2n) is 11.5. The summed E-state index contributed by atoms with van der Waals surface area (Å²) in [6.07, 6.45) is 1.72. The van der Waals surface area contributed by atoms with Crippen LogP contribution < -0.4 is 16.2 Å². The molecular weight excluding hydrogens is 602 g/mol. The number of piperidine rings is 1. The molecule has 0 atom stereocenters. The van der Waals surface area contributed by atoms with Crippen molar-refractivity contribution in [2.45, 2.75) is 38.1 Å². The number of primary amides is 1. The van der Waals surface area contributed by atoms with Crippen molar-refractivity contribution in [3.63, 3.8) is 0 Å². The van der Waals surface area contributed by atoms with E-state index in [2.05, 4.69) is 38.1 Å². The Balaban J connectivity index is 1.11. The number of carbonyl (C=O) groups is 1. The van der Waals surface area contributed by atoms with Crippen molar-refractivity contribution >= 4 is 46.2 Å². The summed E-state index contributed by atoms with van der Waals surface area (Å²) in [7, 11) is 1.76. The molecule has 0 aliphatic carbocycles. The van der Waals surface area contributed by atoms with Gasteiger partial charge in [0.2, 0.25) is 0 Å². The highest BCUT2D eigenvalue weighted by Gasteiger charge is 2.33. The molecule has 1 amide bonds. The van der Waals surface area contributed by atoms with Crippen LogP contribution in [0, 0.1) is 0 Å². The Labute approximate surface area is 264 Å². The van der Waals surface area contributed by atoms with E-state index < -0.39 is 11.7 Å². The van der Waals surface area contributed by atoms with Crippen molar-refractivity contribution in [2.75, 3.05) is 42.6 Å². The van der Waals surface area contributed by atoms with Gasteiger partial charge in [0.1, 0.15) is 12.1 Å². The minimum Gasteiger partial charge on any atom is -0.445 e. The van der Waals surface area contributed by atoms with Gasteiger partial charge in [-0.15, -0.1) is 0 Å². The third-order valence-corrected chi connectivity index (χ3v) is 9.77. The molecule has 2 fully saturated rings. The fraction of sp³-hybridized carbons (Fsp3) is 0.419. The lowest BCUT2D eigenvalue weighted by molar-refractivity contribution is -0.0364. The lowest BCUT2D eigenvalue weighted by atomic mass is 9.91. The van der Waals surface area contributed by atoms with E-state index in [1.807, 2.05) is 36.0 Å². The van der Waals surface area contributed by atoms with Crippen LogP contribution in [0.15, 0.2) is 53.6 Å². The summed E-state index contributed by atoms with van der Waals surface area (Å²) in [5.41, 5.74) is 9.00. The molecule has 2 aliphatic heterocycles. The van der Waals surface area contributed by atoms with E-state index in [-0.39, 0.29) is 24.2 Å². The van der Waals surface area contributed by atoms with Crippen LogP contribution in [0.1, 0.15) is 24.0 Å². The van der Waals surface area contributed by atoms with Crippen molar-refractivity contribution in [3.05, 3.63) is 75.3 Å². The first-order valence-corrected chi connectivity index (χ1v) is 16.2. The Bertz CT molecular complexity index is 1710. The van der Waals surface area contributed by atoms with Crippen molar-refractivity contribution in [1.29, 1.82) is 0 Å². The van der Waals surface area contributed by atoms with Gasteiger partial charge in [0.15, 0.2) is 5.52 Å². The highest BCUT2D eigenvalue weighted by atomic mass is 35.5. The van der Waals surface area contributed by atoms with Gasteiger partial charge in [-0.25, -0.2) is 9.78 Å². The number of fused-ring (bicyclic) bond motifs is 1.